The van der Waals surface area contributed by atoms with Crippen LogP contribution in [0.5, 0.6) is 0 Å². The molecule has 48 valence electrons. The van der Waals surface area contributed by atoms with Gasteiger partial charge in [-0.2, -0.15) is 0 Å². The Hall–Kier alpha value is -1.25. The Bertz CT molecular complexity index is 215. The van der Waals surface area contributed by atoms with Gasteiger partial charge in [0, 0.05) is 6.20 Å². The second-order valence-electron chi connectivity index (χ2n) is 1.82. The van der Waals surface area contributed by atoms with Gasteiger partial charge in [0.2, 0.25) is 0 Å². The van der Waals surface area contributed by atoms with E-state index in [2.05, 4.69) is 10.1 Å². The molecule has 0 bridgehead atoms. The van der Waals surface area contributed by atoms with E-state index in [1.54, 1.807) is 6.20 Å². The van der Waals surface area contributed by atoms with Gasteiger partial charge in [0.25, 0.3) is 0 Å². The van der Waals surface area contributed by atoms with Crippen LogP contribution in [0.25, 0.3) is 0 Å². The van der Waals surface area contributed by atoms with Crippen LogP contribution in [0.15, 0.2) is 17.4 Å². The normalized spacial score (nSPS) is 10.8. The second kappa shape index (κ2) is 2.35. The lowest BCUT2D eigenvalue weighted by Gasteiger charge is -1.84. The molecule has 1 aromatic heterocycles. The summed E-state index contributed by atoms with van der Waals surface area (Å²) in [5.74, 6) is 0. The highest BCUT2D eigenvalue weighted by molar-refractivity contribution is 5.78. The van der Waals surface area contributed by atoms with Crippen LogP contribution in [-0.4, -0.2) is 16.4 Å². The Balaban J connectivity index is 2.94. The van der Waals surface area contributed by atoms with Gasteiger partial charge in [0.15, 0.2) is 0 Å². The minimum atomic E-state index is 0.845. The van der Waals surface area contributed by atoms with Crippen molar-refractivity contribution in [1.82, 2.24) is 4.98 Å². The van der Waals surface area contributed by atoms with Crippen molar-refractivity contribution in [3.05, 3.63) is 23.5 Å². The molecule has 9 heavy (non-hydrogen) atoms. The first-order chi connectivity index (χ1) is 4.34. The van der Waals surface area contributed by atoms with Gasteiger partial charge in [-0.25, -0.2) is 0 Å². The van der Waals surface area contributed by atoms with E-state index < -0.39 is 0 Å². The molecule has 0 saturated heterocycles. The van der Waals surface area contributed by atoms with Crippen LogP contribution >= 0.6 is 0 Å². The first-order valence-electron chi connectivity index (χ1n) is 2.66. The van der Waals surface area contributed by atoms with E-state index >= 15 is 0 Å². The van der Waals surface area contributed by atoms with Gasteiger partial charge in [-0.3, -0.25) is 0 Å². The van der Waals surface area contributed by atoms with Crippen molar-refractivity contribution in [3.63, 3.8) is 0 Å². The van der Waals surface area contributed by atoms with Gasteiger partial charge >= 0.3 is 0 Å². The lowest BCUT2D eigenvalue weighted by molar-refractivity contribution is 0.321. The predicted molar refractivity (Wildman–Crippen MR) is 34.9 cm³/mol. The van der Waals surface area contributed by atoms with E-state index in [1.165, 1.54) is 6.21 Å². The van der Waals surface area contributed by atoms with E-state index in [0.29, 0.717) is 0 Å². The number of oxime groups is 1. The molecular weight excluding hydrogens is 116 g/mol. The zero-order chi connectivity index (χ0) is 6.69. The highest BCUT2D eigenvalue weighted by Gasteiger charge is 1.91. The zero-order valence-electron chi connectivity index (χ0n) is 5.13. The Labute approximate surface area is 53.0 Å². The van der Waals surface area contributed by atoms with Crippen LogP contribution < -0.4 is 0 Å². The average molecular weight is 124 g/mol. The molecule has 0 unspecified atom stereocenters. The molecule has 0 aliphatic rings. The molecule has 0 aliphatic heterocycles. The topological polar surface area (TPSA) is 48.4 Å². The highest BCUT2D eigenvalue weighted by atomic mass is 16.4. The number of aryl methyl sites for hydroxylation is 1. The summed E-state index contributed by atoms with van der Waals surface area (Å²) >= 11 is 0. The summed E-state index contributed by atoms with van der Waals surface area (Å²) in [6.45, 7) is 1.94. The van der Waals surface area contributed by atoms with E-state index in [0.717, 1.165) is 11.3 Å². The summed E-state index contributed by atoms with van der Waals surface area (Å²) in [6, 6.07) is 1.91. The average Bonchev–Trinajstić information content (AvgIpc) is 2.18. The number of H-pyrrole nitrogens is 1. The van der Waals surface area contributed by atoms with Gasteiger partial charge in [-0.05, 0) is 18.6 Å². The van der Waals surface area contributed by atoms with Crippen molar-refractivity contribution in [2.75, 3.05) is 0 Å². The fraction of sp³-hybridized carbons (Fsp3) is 0.167. The maximum absolute atomic E-state index is 8.11. The summed E-state index contributed by atoms with van der Waals surface area (Å²) in [5, 5.41) is 11.0. The van der Waals surface area contributed by atoms with Gasteiger partial charge in [0.05, 0.1) is 11.9 Å². The Morgan fingerprint density at radius 1 is 1.78 bits per heavy atom. The Morgan fingerprint density at radius 2 is 2.56 bits per heavy atom. The van der Waals surface area contributed by atoms with Crippen LogP contribution in [0.1, 0.15) is 11.3 Å². The molecule has 2 N–H and O–H groups in total. The van der Waals surface area contributed by atoms with E-state index in [9.17, 15) is 0 Å². The molecule has 1 heterocycles. The molecule has 3 heteroatoms. The van der Waals surface area contributed by atoms with Gasteiger partial charge in [0.1, 0.15) is 0 Å². The van der Waals surface area contributed by atoms with Crippen LogP contribution in [-0.2, 0) is 0 Å². The van der Waals surface area contributed by atoms with Crippen molar-refractivity contribution < 1.29 is 5.21 Å². The molecule has 0 radical (unpaired) electrons. The fourth-order valence-electron chi connectivity index (χ4n) is 0.657. The third-order valence-electron chi connectivity index (χ3n) is 1.18. The molecular formula is C6H8N2O. The maximum Gasteiger partial charge on any atom is 0.0898 e. The van der Waals surface area contributed by atoms with Crippen LogP contribution in [0.4, 0.5) is 0 Å². The van der Waals surface area contributed by atoms with Gasteiger partial charge in [-0.15, -0.1) is 0 Å². The van der Waals surface area contributed by atoms with Crippen molar-refractivity contribution in [3.8, 4) is 0 Å². The lowest BCUT2D eigenvalue weighted by atomic mass is 10.3. The summed E-state index contributed by atoms with van der Waals surface area (Å²) in [4.78, 5) is 2.90. The zero-order valence-corrected chi connectivity index (χ0v) is 5.13. The van der Waals surface area contributed by atoms with E-state index in [1.807, 2.05) is 13.0 Å². The van der Waals surface area contributed by atoms with Crippen LogP contribution in [0.2, 0.25) is 0 Å². The molecule has 3 nitrogen and oxygen atoms in total. The van der Waals surface area contributed by atoms with Crippen molar-refractivity contribution in [2.45, 2.75) is 6.92 Å². The summed E-state index contributed by atoms with van der Waals surface area (Å²) in [6.07, 6.45) is 3.17. The fourth-order valence-corrected chi connectivity index (χ4v) is 0.657. The van der Waals surface area contributed by atoms with E-state index in [-0.39, 0.29) is 0 Å². The SMILES string of the molecule is Cc1cc[nH]c1C=NO. The number of hydrogen-bond donors (Lipinski definition) is 2. The van der Waals surface area contributed by atoms with E-state index in [4.69, 9.17) is 5.21 Å². The third kappa shape index (κ3) is 1.10. The Kier molecular flexibility index (Phi) is 1.53. The summed E-state index contributed by atoms with van der Waals surface area (Å²) < 4.78 is 0. The van der Waals surface area contributed by atoms with Crippen LogP contribution in [0.3, 0.4) is 0 Å². The monoisotopic (exact) mass is 124 g/mol. The quantitative estimate of drug-likeness (QED) is 0.329. The first kappa shape index (κ1) is 5.88. The van der Waals surface area contributed by atoms with Crippen molar-refractivity contribution in [2.24, 2.45) is 5.16 Å². The number of hydrogen-bond acceptors (Lipinski definition) is 2. The number of nitrogens with zero attached hydrogens (tertiary/aromatic N) is 1. The highest BCUT2D eigenvalue weighted by Crippen LogP contribution is 1.99. The molecule has 0 aromatic carbocycles. The second-order valence-corrected chi connectivity index (χ2v) is 1.82. The summed E-state index contributed by atoms with van der Waals surface area (Å²) in [5.41, 5.74) is 1.92. The molecule has 0 saturated carbocycles. The lowest BCUT2D eigenvalue weighted by Crippen LogP contribution is -1.81. The third-order valence-corrected chi connectivity index (χ3v) is 1.18. The number of aromatic nitrogens is 1. The number of rotatable bonds is 1. The number of nitrogens with one attached hydrogen (secondary N) is 1. The van der Waals surface area contributed by atoms with Crippen LogP contribution in [0, 0.1) is 6.92 Å². The minimum Gasteiger partial charge on any atom is -0.411 e. The standard InChI is InChI=1S/C6H8N2O/c1-5-2-3-7-6(5)4-8-9/h2-4,7,9H,1H3. The maximum atomic E-state index is 8.11. The molecule has 0 atom stereocenters. The largest absolute Gasteiger partial charge is 0.411 e. The molecule has 0 spiro atoms. The summed E-state index contributed by atoms with van der Waals surface area (Å²) in [7, 11) is 0. The minimum absolute atomic E-state index is 0.845. The molecule has 0 aliphatic carbocycles. The van der Waals surface area contributed by atoms with Gasteiger partial charge < -0.3 is 10.2 Å². The number of aromatic amines is 1. The van der Waals surface area contributed by atoms with Crippen molar-refractivity contribution in [1.29, 1.82) is 0 Å². The molecule has 1 rings (SSSR count). The Morgan fingerprint density at radius 3 is 3.00 bits per heavy atom. The van der Waals surface area contributed by atoms with Gasteiger partial charge in [-0.1, -0.05) is 5.16 Å². The van der Waals surface area contributed by atoms with Crippen molar-refractivity contribution >= 4 is 6.21 Å². The predicted octanol–water partition coefficient (Wildman–Crippen LogP) is 1.13. The first-order valence-corrected chi connectivity index (χ1v) is 2.66. The molecule has 0 fully saturated rings. The smallest absolute Gasteiger partial charge is 0.0898 e. The molecule has 0 amide bonds. The molecule has 1 aromatic rings.